The SMILES string of the molecule is CSc1n[nH]c(-c2ccn[nH]2)n1. The Kier molecular flexibility index (Phi) is 1.83. The van der Waals surface area contributed by atoms with Crippen LogP contribution in [0.15, 0.2) is 17.4 Å². The molecule has 2 heterocycles. The van der Waals surface area contributed by atoms with Crippen LogP contribution < -0.4 is 0 Å². The van der Waals surface area contributed by atoms with Gasteiger partial charge in [-0.05, 0) is 12.3 Å². The Balaban J connectivity index is 2.35. The average Bonchev–Trinajstić information content (AvgIpc) is 2.75. The third kappa shape index (κ3) is 1.20. The first-order chi connectivity index (χ1) is 5.90. The second-order valence-electron chi connectivity index (χ2n) is 2.14. The van der Waals surface area contributed by atoms with Crippen LogP contribution in [0.2, 0.25) is 0 Å². The molecule has 12 heavy (non-hydrogen) atoms. The summed E-state index contributed by atoms with van der Waals surface area (Å²) in [6, 6.07) is 1.84. The topological polar surface area (TPSA) is 70.2 Å². The third-order valence-electron chi connectivity index (χ3n) is 1.40. The van der Waals surface area contributed by atoms with Crippen LogP contribution in [0.4, 0.5) is 0 Å². The molecule has 0 amide bonds. The van der Waals surface area contributed by atoms with Gasteiger partial charge >= 0.3 is 0 Å². The summed E-state index contributed by atoms with van der Waals surface area (Å²) in [4.78, 5) is 4.20. The van der Waals surface area contributed by atoms with Crippen molar-refractivity contribution in [3.05, 3.63) is 12.3 Å². The molecule has 0 bridgehead atoms. The van der Waals surface area contributed by atoms with Gasteiger partial charge in [0, 0.05) is 6.20 Å². The Morgan fingerprint density at radius 3 is 2.92 bits per heavy atom. The van der Waals surface area contributed by atoms with E-state index >= 15 is 0 Å². The molecule has 2 rings (SSSR count). The molecule has 0 radical (unpaired) electrons. The minimum atomic E-state index is 0.719. The molecule has 0 spiro atoms. The molecule has 0 aliphatic carbocycles. The zero-order chi connectivity index (χ0) is 8.39. The summed E-state index contributed by atoms with van der Waals surface area (Å²) < 4.78 is 0. The van der Waals surface area contributed by atoms with Gasteiger partial charge in [0.2, 0.25) is 5.16 Å². The highest BCUT2D eigenvalue weighted by molar-refractivity contribution is 7.98. The Morgan fingerprint density at radius 1 is 1.42 bits per heavy atom. The number of hydrogen-bond donors (Lipinski definition) is 2. The quantitative estimate of drug-likeness (QED) is 0.676. The maximum atomic E-state index is 4.20. The van der Waals surface area contributed by atoms with E-state index in [1.807, 2.05) is 12.3 Å². The van der Waals surface area contributed by atoms with Gasteiger partial charge in [-0.2, -0.15) is 10.1 Å². The number of thioether (sulfide) groups is 1. The summed E-state index contributed by atoms with van der Waals surface area (Å²) in [5, 5.41) is 14.1. The Labute approximate surface area is 73.0 Å². The van der Waals surface area contributed by atoms with E-state index in [1.54, 1.807) is 6.20 Å². The van der Waals surface area contributed by atoms with Crippen LogP contribution >= 0.6 is 11.8 Å². The minimum absolute atomic E-state index is 0.719. The smallest absolute Gasteiger partial charge is 0.208 e. The van der Waals surface area contributed by atoms with Crippen LogP contribution in [0.3, 0.4) is 0 Å². The fraction of sp³-hybridized carbons (Fsp3) is 0.167. The van der Waals surface area contributed by atoms with Gasteiger partial charge < -0.3 is 0 Å². The highest BCUT2D eigenvalue weighted by Crippen LogP contribution is 2.13. The summed E-state index contributed by atoms with van der Waals surface area (Å²) in [6.45, 7) is 0. The minimum Gasteiger partial charge on any atom is -0.275 e. The van der Waals surface area contributed by atoms with E-state index in [0.29, 0.717) is 0 Å². The van der Waals surface area contributed by atoms with Crippen molar-refractivity contribution < 1.29 is 0 Å². The van der Waals surface area contributed by atoms with E-state index in [9.17, 15) is 0 Å². The molecule has 62 valence electrons. The molecule has 2 N–H and O–H groups in total. The molecule has 2 aromatic rings. The van der Waals surface area contributed by atoms with Gasteiger partial charge in [-0.3, -0.25) is 10.2 Å². The molecule has 0 aromatic carbocycles. The van der Waals surface area contributed by atoms with Crippen LogP contribution in [0.25, 0.3) is 11.5 Å². The lowest BCUT2D eigenvalue weighted by Gasteiger charge is -1.84. The molecule has 0 fully saturated rings. The lowest BCUT2D eigenvalue weighted by molar-refractivity contribution is 0.976. The van der Waals surface area contributed by atoms with Gasteiger partial charge in [0.1, 0.15) is 5.69 Å². The predicted octanol–water partition coefficient (Wildman–Crippen LogP) is 0.917. The van der Waals surface area contributed by atoms with E-state index in [1.165, 1.54) is 11.8 Å². The van der Waals surface area contributed by atoms with Crippen molar-refractivity contribution >= 4 is 11.8 Å². The van der Waals surface area contributed by atoms with E-state index in [0.717, 1.165) is 16.7 Å². The van der Waals surface area contributed by atoms with Gasteiger partial charge in [-0.1, -0.05) is 11.8 Å². The summed E-state index contributed by atoms with van der Waals surface area (Å²) in [5.74, 6) is 0.719. The number of nitrogens with zero attached hydrogens (tertiary/aromatic N) is 3. The first kappa shape index (κ1) is 7.35. The van der Waals surface area contributed by atoms with Crippen molar-refractivity contribution in [2.45, 2.75) is 5.16 Å². The van der Waals surface area contributed by atoms with Crippen LogP contribution in [0.5, 0.6) is 0 Å². The molecule has 2 aromatic heterocycles. The van der Waals surface area contributed by atoms with E-state index in [-0.39, 0.29) is 0 Å². The Morgan fingerprint density at radius 2 is 2.33 bits per heavy atom. The molecule has 6 heteroatoms. The second kappa shape index (κ2) is 2.98. The molecule has 0 aliphatic rings. The van der Waals surface area contributed by atoms with Crippen molar-refractivity contribution in [1.82, 2.24) is 25.4 Å². The second-order valence-corrected chi connectivity index (χ2v) is 2.91. The van der Waals surface area contributed by atoms with Crippen molar-refractivity contribution in [3.8, 4) is 11.5 Å². The van der Waals surface area contributed by atoms with Crippen LogP contribution in [0, 0.1) is 0 Å². The molecule has 0 saturated heterocycles. The van der Waals surface area contributed by atoms with Crippen LogP contribution in [0.1, 0.15) is 0 Å². The monoisotopic (exact) mass is 181 g/mol. The zero-order valence-corrected chi connectivity index (χ0v) is 7.22. The number of rotatable bonds is 2. The molecular weight excluding hydrogens is 174 g/mol. The van der Waals surface area contributed by atoms with Crippen molar-refractivity contribution in [2.24, 2.45) is 0 Å². The summed E-state index contributed by atoms with van der Waals surface area (Å²) in [6.07, 6.45) is 3.61. The first-order valence-corrected chi connectivity index (χ1v) is 4.59. The molecular formula is C6H7N5S. The standard InChI is InChI=1S/C6H7N5S/c1-12-6-8-5(10-11-6)4-2-3-7-9-4/h2-3H,1H3,(H,7,9)(H,8,10,11). The van der Waals surface area contributed by atoms with Crippen molar-refractivity contribution in [1.29, 1.82) is 0 Å². The van der Waals surface area contributed by atoms with Gasteiger partial charge in [0.05, 0.1) is 0 Å². The Hall–Kier alpha value is -1.30. The highest BCUT2D eigenvalue weighted by Gasteiger charge is 2.04. The number of aromatic nitrogens is 5. The number of aromatic amines is 2. The largest absolute Gasteiger partial charge is 0.275 e. The molecule has 0 aliphatic heterocycles. The van der Waals surface area contributed by atoms with Crippen molar-refractivity contribution in [2.75, 3.05) is 6.26 Å². The number of hydrogen-bond acceptors (Lipinski definition) is 4. The molecule has 0 unspecified atom stereocenters. The van der Waals surface area contributed by atoms with Gasteiger partial charge in [-0.25, -0.2) is 0 Å². The first-order valence-electron chi connectivity index (χ1n) is 3.36. The fourth-order valence-corrected chi connectivity index (χ4v) is 1.17. The highest BCUT2D eigenvalue weighted by atomic mass is 32.2. The lowest BCUT2D eigenvalue weighted by atomic mass is 10.4. The third-order valence-corrected chi connectivity index (χ3v) is 1.95. The summed E-state index contributed by atoms with van der Waals surface area (Å²) >= 11 is 1.50. The molecule has 0 atom stereocenters. The zero-order valence-electron chi connectivity index (χ0n) is 6.40. The van der Waals surface area contributed by atoms with Crippen LogP contribution in [-0.4, -0.2) is 31.6 Å². The average molecular weight is 181 g/mol. The normalized spacial score (nSPS) is 10.4. The van der Waals surface area contributed by atoms with Gasteiger partial charge in [-0.15, -0.1) is 5.10 Å². The lowest BCUT2D eigenvalue weighted by Crippen LogP contribution is -1.79. The van der Waals surface area contributed by atoms with Crippen LogP contribution in [-0.2, 0) is 0 Å². The predicted molar refractivity (Wildman–Crippen MR) is 45.7 cm³/mol. The van der Waals surface area contributed by atoms with E-state index in [2.05, 4.69) is 25.4 Å². The van der Waals surface area contributed by atoms with Gasteiger partial charge in [0.15, 0.2) is 5.82 Å². The summed E-state index contributed by atoms with van der Waals surface area (Å²) in [7, 11) is 0. The summed E-state index contributed by atoms with van der Waals surface area (Å²) in [5.41, 5.74) is 0.850. The maximum absolute atomic E-state index is 4.20. The van der Waals surface area contributed by atoms with Crippen molar-refractivity contribution in [3.63, 3.8) is 0 Å². The Bertz CT molecular complexity index is 352. The fourth-order valence-electron chi connectivity index (χ4n) is 0.846. The van der Waals surface area contributed by atoms with E-state index in [4.69, 9.17) is 0 Å². The maximum Gasteiger partial charge on any atom is 0.208 e. The molecule has 0 saturated carbocycles. The van der Waals surface area contributed by atoms with E-state index < -0.39 is 0 Å². The number of H-pyrrole nitrogens is 2. The number of nitrogens with one attached hydrogen (secondary N) is 2. The van der Waals surface area contributed by atoms with Gasteiger partial charge in [0.25, 0.3) is 0 Å². The molecule has 5 nitrogen and oxygen atoms in total.